The minimum absolute atomic E-state index is 0.0349. The third-order valence-corrected chi connectivity index (χ3v) is 4.44. The topological polar surface area (TPSA) is 78.8 Å². The Hall–Kier alpha value is -1.73. The van der Waals surface area contributed by atoms with Crippen LogP contribution in [0.1, 0.15) is 12.1 Å². The monoisotopic (exact) mass is 306 g/mol. The molecule has 7 heteroatoms. The first-order valence-corrected chi connectivity index (χ1v) is 7.73. The van der Waals surface area contributed by atoms with Crippen LogP contribution in [-0.4, -0.2) is 71.6 Å². The number of aryl methyl sites for hydroxylation is 1. The highest BCUT2D eigenvalue weighted by atomic mass is 16.5. The van der Waals surface area contributed by atoms with Crippen LogP contribution in [0.25, 0.3) is 0 Å². The van der Waals surface area contributed by atoms with E-state index in [1.54, 1.807) is 4.90 Å². The Bertz CT molecular complexity index is 522. The van der Waals surface area contributed by atoms with Crippen LogP contribution in [0.15, 0.2) is 12.1 Å². The van der Waals surface area contributed by atoms with Crippen molar-refractivity contribution in [3.05, 3.63) is 17.8 Å². The molecule has 120 valence electrons. The summed E-state index contributed by atoms with van der Waals surface area (Å²) in [7, 11) is 0. The van der Waals surface area contributed by atoms with Gasteiger partial charge < -0.3 is 19.6 Å². The number of amides is 1. The lowest BCUT2D eigenvalue weighted by atomic mass is 9.93. The molecule has 7 nitrogen and oxygen atoms in total. The van der Waals surface area contributed by atoms with Crippen molar-refractivity contribution in [1.82, 2.24) is 15.1 Å². The van der Waals surface area contributed by atoms with Crippen LogP contribution < -0.4 is 4.90 Å². The second-order valence-electron chi connectivity index (χ2n) is 5.93. The third-order valence-electron chi connectivity index (χ3n) is 4.44. The van der Waals surface area contributed by atoms with Gasteiger partial charge in [-0.25, -0.2) is 0 Å². The molecule has 2 saturated heterocycles. The zero-order valence-electron chi connectivity index (χ0n) is 12.8. The van der Waals surface area contributed by atoms with Crippen molar-refractivity contribution in [1.29, 1.82) is 0 Å². The number of aliphatic hydroxyl groups is 1. The van der Waals surface area contributed by atoms with Crippen molar-refractivity contribution in [3.63, 3.8) is 0 Å². The zero-order valence-corrected chi connectivity index (χ0v) is 12.8. The number of nitrogens with zero attached hydrogens (tertiary/aromatic N) is 4. The van der Waals surface area contributed by atoms with Gasteiger partial charge in [-0.2, -0.15) is 5.10 Å². The first-order chi connectivity index (χ1) is 10.7. The van der Waals surface area contributed by atoms with E-state index < -0.39 is 6.61 Å². The number of carbonyl (C=O) groups is 1. The molecule has 0 radical (unpaired) electrons. The SMILES string of the molecule is Cc1ccc(N2CCO[C@H]3CN(C(=O)CO)CC[C@@H]3C2)nn1. The number of likely N-dealkylation sites (tertiary alicyclic amines) is 1. The fraction of sp³-hybridized carbons (Fsp3) is 0.667. The lowest BCUT2D eigenvalue weighted by Gasteiger charge is -2.37. The van der Waals surface area contributed by atoms with Crippen LogP contribution in [0.4, 0.5) is 5.82 Å². The highest BCUT2D eigenvalue weighted by Gasteiger charge is 2.35. The predicted molar refractivity (Wildman–Crippen MR) is 80.5 cm³/mol. The van der Waals surface area contributed by atoms with E-state index in [4.69, 9.17) is 9.84 Å². The molecule has 1 N–H and O–H groups in total. The van der Waals surface area contributed by atoms with Crippen LogP contribution in [0, 0.1) is 12.8 Å². The summed E-state index contributed by atoms with van der Waals surface area (Å²) in [5, 5.41) is 17.4. The molecule has 22 heavy (non-hydrogen) atoms. The minimum atomic E-state index is -0.428. The van der Waals surface area contributed by atoms with Crippen molar-refractivity contribution in [2.45, 2.75) is 19.4 Å². The lowest BCUT2D eigenvalue weighted by Crippen LogP contribution is -2.49. The number of aliphatic hydroxyl groups excluding tert-OH is 1. The molecule has 0 aliphatic carbocycles. The van der Waals surface area contributed by atoms with E-state index in [2.05, 4.69) is 15.1 Å². The van der Waals surface area contributed by atoms with Gasteiger partial charge in [0.1, 0.15) is 6.61 Å². The molecule has 2 fully saturated rings. The van der Waals surface area contributed by atoms with Gasteiger partial charge in [0.15, 0.2) is 5.82 Å². The minimum Gasteiger partial charge on any atom is -0.387 e. The fourth-order valence-corrected chi connectivity index (χ4v) is 3.15. The Balaban J connectivity index is 1.67. The number of piperidine rings is 1. The second-order valence-corrected chi connectivity index (χ2v) is 5.93. The van der Waals surface area contributed by atoms with Gasteiger partial charge in [-0.15, -0.1) is 5.10 Å². The van der Waals surface area contributed by atoms with Gasteiger partial charge in [-0.05, 0) is 25.5 Å². The number of ether oxygens (including phenoxy) is 1. The summed E-state index contributed by atoms with van der Waals surface area (Å²) in [5.74, 6) is 1.03. The maximum absolute atomic E-state index is 11.6. The van der Waals surface area contributed by atoms with Crippen molar-refractivity contribution < 1.29 is 14.6 Å². The summed E-state index contributed by atoms with van der Waals surface area (Å²) < 4.78 is 5.94. The van der Waals surface area contributed by atoms with E-state index in [-0.39, 0.29) is 12.0 Å². The highest BCUT2D eigenvalue weighted by molar-refractivity contribution is 5.77. The average Bonchev–Trinajstić information content (AvgIpc) is 2.76. The maximum Gasteiger partial charge on any atom is 0.248 e. The molecule has 2 atom stereocenters. The van der Waals surface area contributed by atoms with Crippen LogP contribution >= 0.6 is 0 Å². The molecule has 0 bridgehead atoms. The van der Waals surface area contributed by atoms with Gasteiger partial charge in [-0.3, -0.25) is 4.79 Å². The van der Waals surface area contributed by atoms with Gasteiger partial charge in [0.25, 0.3) is 0 Å². The number of hydrogen-bond donors (Lipinski definition) is 1. The van der Waals surface area contributed by atoms with Gasteiger partial charge in [0, 0.05) is 32.1 Å². The molecule has 2 aliphatic rings. The molecule has 0 saturated carbocycles. The number of hydrogen-bond acceptors (Lipinski definition) is 6. The van der Waals surface area contributed by atoms with E-state index in [1.165, 1.54) is 0 Å². The van der Waals surface area contributed by atoms with Crippen LogP contribution in [0.5, 0.6) is 0 Å². The van der Waals surface area contributed by atoms with E-state index >= 15 is 0 Å². The molecule has 1 aromatic rings. The third kappa shape index (κ3) is 3.20. The van der Waals surface area contributed by atoms with Crippen molar-refractivity contribution in [2.24, 2.45) is 5.92 Å². The number of rotatable bonds is 2. The van der Waals surface area contributed by atoms with Crippen molar-refractivity contribution in [3.8, 4) is 0 Å². The standard InChI is InChI=1S/C15H22N4O3/c1-11-2-3-14(17-16-11)18-6-7-22-13-9-19(15(21)10-20)5-4-12(13)8-18/h2-3,12-13,20H,4-10H2,1H3/t12-,13+/m1/s1. The molecule has 0 unspecified atom stereocenters. The summed E-state index contributed by atoms with van der Waals surface area (Å²) in [6.45, 7) is 4.99. The Kier molecular flexibility index (Phi) is 4.54. The van der Waals surface area contributed by atoms with Gasteiger partial charge in [0.05, 0.1) is 18.4 Å². The first kappa shape index (κ1) is 15.2. The summed E-state index contributed by atoms with van der Waals surface area (Å²) >= 11 is 0. The molecule has 3 rings (SSSR count). The van der Waals surface area contributed by atoms with Gasteiger partial charge in [0.2, 0.25) is 5.91 Å². The molecule has 3 heterocycles. The van der Waals surface area contributed by atoms with Crippen molar-refractivity contribution >= 4 is 11.7 Å². The predicted octanol–water partition coefficient (Wildman–Crippen LogP) is -0.169. The van der Waals surface area contributed by atoms with E-state index in [1.807, 2.05) is 19.1 Å². The van der Waals surface area contributed by atoms with E-state index in [9.17, 15) is 4.79 Å². The summed E-state index contributed by atoms with van der Waals surface area (Å²) in [6, 6.07) is 3.96. The number of fused-ring (bicyclic) bond motifs is 1. The Labute approximate surface area is 129 Å². The van der Waals surface area contributed by atoms with Crippen LogP contribution in [-0.2, 0) is 9.53 Å². The zero-order chi connectivity index (χ0) is 15.5. The number of anilines is 1. The Morgan fingerprint density at radius 2 is 2.23 bits per heavy atom. The molecule has 2 aliphatic heterocycles. The van der Waals surface area contributed by atoms with Crippen LogP contribution in [0.2, 0.25) is 0 Å². The average molecular weight is 306 g/mol. The largest absolute Gasteiger partial charge is 0.387 e. The van der Waals surface area contributed by atoms with Gasteiger partial charge in [-0.1, -0.05) is 0 Å². The summed E-state index contributed by atoms with van der Waals surface area (Å²) in [4.78, 5) is 15.5. The highest BCUT2D eigenvalue weighted by Crippen LogP contribution is 2.26. The molecule has 1 amide bonds. The molecule has 0 spiro atoms. The maximum atomic E-state index is 11.6. The molecular weight excluding hydrogens is 284 g/mol. The lowest BCUT2D eigenvalue weighted by molar-refractivity contribution is -0.139. The van der Waals surface area contributed by atoms with E-state index in [0.717, 1.165) is 31.0 Å². The van der Waals surface area contributed by atoms with Crippen LogP contribution in [0.3, 0.4) is 0 Å². The number of carbonyl (C=O) groups excluding carboxylic acids is 1. The normalized spacial score (nSPS) is 25.5. The van der Waals surface area contributed by atoms with Gasteiger partial charge >= 0.3 is 0 Å². The Morgan fingerprint density at radius 3 is 2.95 bits per heavy atom. The smallest absolute Gasteiger partial charge is 0.248 e. The quantitative estimate of drug-likeness (QED) is 0.817. The van der Waals surface area contributed by atoms with Crippen molar-refractivity contribution in [2.75, 3.05) is 44.3 Å². The summed E-state index contributed by atoms with van der Waals surface area (Å²) in [6.07, 6.45) is 0.916. The second kappa shape index (κ2) is 6.58. The molecular formula is C15H22N4O3. The summed E-state index contributed by atoms with van der Waals surface area (Å²) in [5.41, 5.74) is 0.906. The first-order valence-electron chi connectivity index (χ1n) is 7.73. The molecule has 0 aromatic carbocycles. The number of aromatic nitrogens is 2. The Morgan fingerprint density at radius 1 is 1.36 bits per heavy atom. The molecule has 1 aromatic heterocycles. The van der Waals surface area contributed by atoms with E-state index in [0.29, 0.717) is 25.6 Å². The fourth-order valence-electron chi connectivity index (χ4n) is 3.15.